The summed E-state index contributed by atoms with van der Waals surface area (Å²) in [5.41, 5.74) is -8.42. The van der Waals surface area contributed by atoms with Crippen LogP contribution in [0, 0.1) is 0 Å². The molecule has 17 heteroatoms. The number of hydrogen-bond acceptors (Lipinski definition) is 4. The molecule has 1 aliphatic rings. The van der Waals surface area contributed by atoms with Crippen molar-refractivity contribution in [3.63, 3.8) is 0 Å². The minimum Gasteiger partial charge on any atom is -0.432 e. The molecule has 3 aromatic rings. The van der Waals surface area contributed by atoms with Gasteiger partial charge < -0.3 is 10.1 Å². The maximum atomic E-state index is 14.6. The van der Waals surface area contributed by atoms with Crippen molar-refractivity contribution in [3.05, 3.63) is 58.1 Å². The summed E-state index contributed by atoms with van der Waals surface area (Å²) >= 11 is 11.9. The van der Waals surface area contributed by atoms with Gasteiger partial charge in [0.25, 0.3) is 5.91 Å². The van der Waals surface area contributed by atoms with Crippen LogP contribution in [0.4, 0.5) is 39.5 Å². The van der Waals surface area contributed by atoms with E-state index in [1.807, 2.05) is 0 Å². The third-order valence-corrected chi connectivity index (χ3v) is 6.15. The van der Waals surface area contributed by atoms with Crippen LogP contribution in [0.3, 0.4) is 0 Å². The molecule has 2 heterocycles. The van der Waals surface area contributed by atoms with Crippen LogP contribution in [0.15, 0.2) is 36.8 Å². The van der Waals surface area contributed by atoms with Crippen LogP contribution in [0.1, 0.15) is 28.8 Å². The first-order chi connectivity index (χ1) is 18.0. The molecule has 0 bridgehead atoms. The SMILES string of the molecule is O=C(NC1CC1)c1cc(-c2cnn(-c3c(Cl)cc(C(F)(C(F)(F)F)C(F)(F)F)cc3OC(F)F)c2)cnc1Cl. The van der Waals surface area contributed by atoms with Gasteiger partial charge in [-0.05, 0) is 31.0 Å². The Morgan fingerprint density at radius 1 is 1.00 bits per heavy atom. The summed E-state index contributed by atoms with van der Waals surface area (Å²) in [5, 5.41) is 5.41. The highest BCUT2D eigenvalue weighted by atomic mass is 35.5. The van der Waals surface area contributed by atoms with Crippen molar-refractivity contribution in [1.82, 2.24) is 20.1 Å². The van der Waals surface area contributed by atoms with Crippen molar-refractivity contribution in [1.29, 1.82) is 0 Å². The number of nitrogens with zero attached hydrogens (tertiary/aromatic N) is 3. The van der Waals surface area contributed by atoms with Gasteiger partial charge in [-0.2, -0.15) is 40.2 Å². The summed E-state index contributed by atoms with van der Waals surface area (Å²) in [5.74, 6) is -1.84. The fourth-order valence-electron chi connectivity index (χ4n) is 3.52. The number of benzene rings is 1. The Bertz CT molecular complexity index is 1390. The highest BCUT2D eigenvalue weighted by Crippen LogP contribution is 2.54. The van der Waals surface area contributed by atoms with E-state index >= 15 is 0 Å². The monoisotopic (exact) mass is 606 g/mol. The molecule has 1 N–H and O–H groups in total. The van der Waals surface area contributed by atoms with Crippen LogP contribution in [-0.4, -0.2) is 45.7 Å². The molecule has 1 amide bonds. The molecule has 4 rings (SSSR count). The summed E-state index contributed by atoms with van der Waals surface area (Å²) in [6.07, 6.45) is -8.05. The molecular formula is C22H13Cl2F9N4O2. The highest BCUT2D eigenvalue weighted by molar-refractivity contribution is 6.33. The zero-order valence-corrected chi connectivity index (χ0v) is 20.4. The van der Waals surface area contributed by atoms with E-state index in [4.69, 9.17) is 23.2 Å². The number of aromatic nitrogens is 3. The number of hydrogen-bond donors (Lipinski definition) is 1. The van der Waals surface area contributed by atoms with Gasteiger partial charge in [-0.25, -0.2) is 14.1 Å². The molecule has 6 nitrogen and oxygen atoms in total. The molecule has 0 aliphatic heterocycles. The van der Waals surface area contributed by atoms with Gasteiger partial charge in [0.05, 0.1) is 16.8 Å². The first-order valence-electron chi connectivity index (χ1n) is 10.7. The number of pyridine rings is 1. The average molecular weight is 607 g/mol. The summed E-state index contributed by atoms with van der Waals surface area (Å²) < 4.78 is 125. The fourth-order valence-corrected chi connectivity index (χ4v) is 4.01. The summed E-state index contributed by atoms with van der Waals surface area (Å²) in [6.45, 7) is -3.75. The number of carbonyl (C=O) groups is 1. The second-order valence-corrected chi connectivity index (χ2v) is 9.09. The first-order valence-corrected chi connectivity index (χ1v) is 11.4. The molecular weight excluding hydrogens is 594 g/mol. The van der Waals surface area contributed by atoms with Crippen LogP contribution in [0.25, 0.3) is 16.8 Å². The molecule has 1 aliphatic carbocycles. The third kappa shape index (κ3) is 5.60. The van der Waals surface area contributed by atoms with Crippen molar-refractivity contribution in [2.45, 2.75) is 43.5 Å². The molecule has 0 saturated heterocycles. The maximum Gasteiger partial charge on any atom is 0.435 e. The van der Waals surface area contributed by atoms with Crippen molar-refractivity contribution >= 4 is 29.1 Å². The van der Waals surface area contributed by atoms with Crippen molar-refractivity contribution < 1.29 is 49.0 Å². The number of alkyl halides is 9. The second-order valence-electron chi connectivity index (χ2n) is 8.32. The van der Waals surface area contributed by atoms with Crippen molar-refractivity contribution in [3.8, 4) is 22.6 Å². The predicted octanol–water partition coefficient (Wildman–Crippen LogP) is 7.02. The minimum absolute atomic E-state index is 0.00323. The summed E-state index contributed by atoms with van der Waals surface area (Å²) in [7, 11) is 0. The lowest BCUT2D eigenvalue weighted by Crippen LogP contribution is -2.50. The van der Waals surface area contributed by atoms with E-state index in [0.717, 1.165) is 25.2 Å². The van der Waals surface area contributed by atoms with Crippen molar-refractivity contribution in [2.24, 2.45) is 0 Å². The molecule has 1 fully saturated rings. The van der Waals surface area contributed by atoms with Crippen LogP contribution in [0.2, 0.25) is 10.2 Å². The zero-order chi connectivity index (χ0) is 28.9. The van der Waals surface area contributed by atoms with Crippen molar-refractivity contribution in [2.75, 3.05) is 0 Å². The van der Waals surface area contributed by atoms with Gasteiger partial charge in [0.2, 0.25) is 0 Å². The third-order valence-electron chi connectivity index (χ3n) is 5.56. The van der Waals surface area contributed by atoms with E-state index in [1.165, 1.54) is 12.3 Å². The van der Waals surface area contributed by atoms with E-state index in [2.05, 4.69) is 20.1 Å². The zero-order valence-electron chi connectivity index (χ0n) is 18.8. The molecule has 0 unspecified atom stereocenters. The highest BCUT2D eigenvalue weighted by Gasteiger charge is 2.73. The Balaban J connectivity index is 1.79. The molecule has 2 aromatic heterocycles. The maximum absolute atomic E-state index is 14.6. The summed E-state index contributed by atoms with van der Waals surface area (Å²) in [6, 6.07) is 1.14. The predicted molar refractivity (Wildman–Crippen MR) is 119 cm³/mol. The number of nitrogens with one attached hydrogen (secondary N) is 1. The Morgan fingerprint density at radius 3 is 2.21 bits per heavy atom. The Hall–Kier alpha value is -3.20. The topological polar surface area (TPSA) is 69.0 Å². The molecule has 1 saturated carbocycles. The van der Waals surface area contributed by atoms with Gasteiger partial charge in [0.1, 0.15) is 10.8 Å². The Labute approximate surface area is 222 Å². The Kier molecular flexibility index (Phi) is 7.44. The fraction of sp³-hybridized carbons (Fsp3) is 0.318. The van der Waals surface area contributed by atoms with Crippen LogP contribution < -0.4 is 10.1 Å². The van der Waals surface area contributed by atoms with Gasteiger partial charge in [0.15, 0.2) is 5.75 Å². The minimum atomic E-state index is -6.53. The smallest absolute Gasteiger partial charge is 0.432 e. The quantitative estimate of drug-likeness (QED) is 0.232. The van der Waals surface area contributed by atoms with E-state index in [-0.39, 0.29) is 40.0 Å². The van der Waals surface area contributed by atoms with Gasteiger partial charge in [-0.15, -0.1) is 0 Å². The van der Waals surface area contributed by atoms with Gasteiger partial charge >= 0.3 is 24.6 Å². The Morgan fingerprint density at radius 2 is 1.64 bits per heavy atom. The molecule has 39 heavy (non-hydrogen) atoms. The second kappa shape index (κ2) is 10.1. The largest absolute Gasteiger partial charge is 0.435 e. The molecule has 0 radical (unpaired) electrons. The molecule has 1 aromatic carbocycles. The van der Waals surface area contributed by atoms with Crippen LogP contribution >= 0.6 is 23.2 Å². The number of carbonyl (C=O) groups excluding carboxylic acids is 1. The number of rotatable bonds is 7. The first kappa shape index (κ1) is 28.8. The lowest BCUT2D eigenvalue weighted by atomic mass is 9.93. The van der Waals surface area contributed by atoms with Crippen LogP contribution in [-0.2, 0) is 5.67 Å². The lowest BCUT2D eigenvalue weighted by Gasteiger charge is -2.31. The normalized spacial score (nSPS) is 14.6. The van der Waals surface area contributed by atoms with E-state index in [0.29, 0.717) is 4.68 Å². The van der Waals surface area contributed by atoms with Gasteiger partial charge in [0, 0.05) is 35.1 Å². The van der Waals surface area contributed by atoms with E-state index in [9.17, 15) is 44.3 Å². The number of ether oxygens (including phenoxy) is 1. The molecule has 0 atom stereocenters. The lowest BCUT2D eigenvalue weighted by molar-refractivity contribution is -0.348. The number of amides is 1. The molecule has 0 spiro atoms. The van der Waals surface area contributed by atoms with Gasteiger partial charge in [-0.3, -0.25) is 4.79 Å². The number of halogens is 11. The summed E-state index contributed by atoms with van der Waals surface area (Å²) in [4.78, 5) is 16.3. The van der Waals surface area contributed by atoms with E-state index in [1.54, 1.807) is 0 Å². The van der Waals surface area contributed by atoms with Crippen LogP contribution in [0.5, 0.6) is 5.75 Å². The van der Waals surface area contributed by atoms with Gasteiger partial charge in [-0.1, -0.05) is 23.2 Å². The van der Waals surface area contributed by atoms with E-state index < -0.39 is 52.6 Å². The molecule has 210 valence electrons. The average Bonchev–Trinajstić information content (AvgIpc) is 3.49. The standard InChI is InChI=1S/C22H13Cl2F9N4O2/c23-14-4-11(20(27,21(28,29)30)22(31,32)33)5-15(39-19(25)26)16(14)37-8-10(7-35-37)9-3-13(17(24)34-6-9)18(38)36-12-1-2-12/h3-8,12,19H,1-2H2,(H,36,38).